The van der Waals surface area contributed by atoms with E-state index in [0.717, 1.165) is 19.4 Å². The number of hydrogen-bond acceptors (Lipinski definition) is 2. The van der Waals surface area contributed by atoms with E-state index in [-0.39, 0.29) is 12.0 Å². The number of terminal acetylenes is 1. The Balaban J connectivity index is 2.12. The van der Waals surface area contributed by atoms with Gasteiger partial charge < -0.3 is 10.1 Å². The maximum absolute atomic E-state index is 10.6. The Hall–Kier alpha value is -1.01. The van der Waals surface area contributed by atoms with Crippen LogP contribution in [0.2, 0.25) is 0 Å². The van der Waals surface area contributed by atoms with Crippen LogP contribution in [0.1, 0.15) is 12.8 Å². The van der Waals surface area contributed by atoms with E-state index in [1.807, 2.05) is 5.92 Å². The molecule has 1 amide bonds. The summed E-state index contributed by atoms with van der Waals surface area (Å²) >= 11 is 0. The molecule has 3 nitrogen and oxygen atoms in total. The van der Waals surface area contributed by atoms with Crippen molar-refractivity contribution in [2.24, 2.45) is 0 Å². The lowest BCUT2D eigenvalue weighted by molar-refractivity contribution is -0.116. The summed E-state index contributed by atoms with van der Waals surface area (Å²) < 4.78 is 5.26. The number of ether oxygens (including phenoxy) is 1. The molecular formula is C8H11NO2. The molecule has 0 bridgehead atoms. The molecular weight excluding hydrogens is 142 g/mol. The van der Waals surface area contributed by atoms with E-state index in [1.54, 1.807) is 0 Å². The quantitative estimate of drug-likeness (QED) is 0.563. The smallest absolute Gasteiger partial charge is 0.295 e. The Morgan fingerprint density at radius 3 is 3.18 bits per heavy atom. The maximum Gasteiger partial charge on any atom is 0.295 e. The highest BCUT2D eigenvalue weighted by Crippen LogP contribution is 2.10. The Labute approximate surface area is 66.1 Å². The molecule has 1 N–H and O–H groups in total. The number of carbonyl (C=O) groups is 1. The van der Waals surface area contributed by atoms with Crippen molar-refractivity contribution >= 4 is 5.91 Å². The van der Waals surface area contributed by atoms with E-state index in [0.29, 0.717) is 6.54 Å². The minimum absolute atomic E-state index is 0.173. The molecule has 0 aromatic heterocycles. The predicted octanol–water partition coefficient (Wildman–Crippen LogP) is -0.0852. The normalized spacial score (nSPS) is 22.6. The molecule has 0 saturated carbocycles. The van der Waals surface area contributed by atoms with Gasteiger partial charge in [-0.2, -0.15) is 0 Å². The minimum atomic E-state index is -0.361. The number of hydrogen-bond donors (Lipinski definition) is 1. The zero-order valence-electron chi connectivity index (χ0n) is 6.30. The summed E-state index contributed by atoms with van der Waals surface area (Å²) in [5, 5.41) is 2.57. The molecule has 1 aliphatic rings. The van der Waals surface area contributed by atoms with Gasteiger partial charge in [0, 0.05) is 13.2 Å². The highest BCUT2D eigenvalue weighted by molar-refractivity contribution is 5.92. The largest absolute Gasteiger partial charge is 0.376 e. The first-order chi connectivity index (χ1) is 5.33. The molecule has 1 heterocycles. The van der Waals surface area contributed by atoms with Gasteiger partial charge in [0.15, 0.2) is 0 Å². The Kier molecular flexibility index (Phi) is 2.94. The average Bonchev–Trinajstić information content (AvgIpc) is 2.52. The second-order valence-corrected chi connectivity index (χ2v) is 2.49. The van der Waals surface area contributed by atoms with Gasteiger partial charge in [0.2, 0.25) is 0 Å². The van der Waals surface area contributed by atoms with Crippen LogP contribution in [-0.2, 0) is 9.53 Å². The van der Waals surface area contributed by atoms with Crippen molar-refractivity contribution < 1.29 is 9.53 Å². The van der Waals surface area contributed by atoms with Gasteiger partial charge in [-0.25, -0.2) is 0 Å². The minimum Gasteiger partial charge on any atom is -0.376 e. The molecule has 1 rings (SSSR count). The molecule has 1 fully saturated rings. The lowest BCUT2D eigenvalue weighted by atomic mass is 10.2. The van der Waals surface area contributed by atoms with Crippen molar-refractivity contribution in [3.8, 4) is 12.3 Å². The average molecular weight is 153 g/mol. The van der Waals surface area contributed by atoms with Gasteiger partial charge in [0.05, 0.1) is 6.10 Å². The Bertz CT molecular complexity index is 177. The SMILES string of the molecule is C#CC(=O)NCC1CCCO1. The van der Waals surface area contributed by atoms with Crippen LogP contribution in [0.5, 0.6) is 0 Å². The van der Waals surface area contributed by atoms with E-state index in [1.165, 1.54) is 0 Å². The highest BCUT2D eigenvalue weighted by atomic mass is 16.5. The summed E-state index contributed by atoms with van der Waals surface area (Å²) in [6, 6.07) is 0. The number of nitrogens with one attached hydrogen (secondary N) is 1. The summed E-state index contributed by atoms with van der Waals surface area (Å²) in [6.45, 7) is 1.35. The number of rotatable bonds is 2. The molecule has 1 atom stereocenters. The van der Waals surface area contributed by atoms with Crippen LogP contribution < -0.4 is 5.32 Å². The van der Waals surface area contributed by atoms with Crippen LogP contribution in [0.15, 0.2) is 0 Å². The zero-order chi connectivity index (χ0) is 8.10. The molecule has 0 spiro atoms. The van der Waals surface area contributed by atoms with E-state index >= 15 is 0 Å². The summed E-state index contributed by atoms with van der Waals surface area (Å²) in [5.74, 6) is 1.62. The first-order valence-corrected chi connectivity index (χ1v) is 3.69. The first-order valence-electron chi connectivity index (χ1n) is 3.69. The maximum atomic E-state index is 10.6. The fraction of sp³-hybridized carbons (Fsp3) is 0.625. The van der Waals surface area contributed by atoms with Gasteiger partial charge in [-0.05, 0) is 18.8 Å². The Morgan fingerprint density at radius 1 is 1.82 bits per heavy atom. The third-order valence-electron chi connectivity index (χ3n) is 1.65. The third kappa shape index (κ3) is 2.60. The van der Waals surface area contributed by atoms with Crippen LogP contribution >= 0.6 is 0 Å². The summed E-state index contributed by atoms with van der Waals surface area (Å²) in [5.41, 5.74) is 0. The first kappa shape index (κ1) is 8.09. The van der Waals surface area contributed by atoms with Gasteiger partial charge in [0.25, 0.3) is 5.91 Å². The predicted molar refractivity (Wildman–Crippen MR) is 40.8 cm³/mol. The molecule has 1 aliphatic heterocycles. The van der Waals surface area contributed by atoms with Crippen LogP contribution in [0.3, 0.4) is 0 Å². The fourth-order valence-corrected chi connectivity index (χ4v) is 1.06. The van der Waals surface area contributed by atoms with Crippen molar-refractivity contribution in [1.29, 1.82) is 0 Å². The van der Waals surface area contributed by atoms with Crippen molar-refractivity contribution in [2.75, 3.05) is 13.2 Å². The number of amides is 1. The van der Waals surface area contributed by atoms with Gasteiger partial charge >= 0.3 is 0 Å². The molecule has 0 aliphatic carbocycles. The highest BCUT2D eigenvalue weighted by Gasteiger charge is 2.15. The molecule has 1 saturated heterocycles. The molecule has 1 unspecified atom stereocenters. The standard InChI is InChI=1S/C8H11NO2/c1-2-8(10)9-6-7-4-3-5-11-7/h1,7H,3-6H2,(H,9,10). The van der Waals surface area contributed by atoms with Crippen LogP contribution in [0, 0.1) is 12.3 Å². The lowest BCUT2D eigenvalue weighted by Crippen LogP contribution is -2.30. The summed E-state index contributed by atoms with van der Waals surface area (Å²) in [6.07, 6.45) is 7.13. The van der Waals surface area contributed by atoms with Crippen LogP contribution in [0.4, 0.5) is 0 Å². The molecule has 3 heteroatoms. The molecule has 0 radical (unpaired) electrons. The van der Waals surface area contributed by atoms with E-state index in [9.17, 15) is 4.79 Å². The van der Waals surface area contributed by atoms with Crippen LogP contribution in [-0.4, -0.2) is 25.2 Å². The van der Waals surface area contributed by atoms with E-state index in [4.69, 9.17) is 11.2 Å². The summed E-state index contributed by atoms with van der Waals surface area (Å²) in [4.78, 5) is 10.6. The summed E-state index contributed by atoms with van der Waals surface area (Å²) in [7, 11) is 0. The van der Waals surface area contributed by atoms with Crippen molar-refractivity contribution in [3.05, 3.63) is 0 Å². The van der Waals surface area contributed by atoms with Gasteiger partial charge in [0.1, 0.15) is 0 Å². The van der Waals surface area contributed by atoms with Gasteiger partial charge in [-0.3, -0.25) is 4.79 Å². The Morgan fingerprint density at radius 2 is 2.64 bits per heavy atom. The van der Waals surface area contributed by atoms with Crippen molar-refractivity contribution in [3.63, 3.8) is 0 Å². The lowest BCUT2D eigenvalue weighted by Gasteiger charge is -2.07. The molecule has 60 valence electrons. The second kappa shape index (κ2) is 3.99. The number of carbonyl (C=O) groups excluding carboxylic acids is 1. The molecule has 0 aromatic carbocycles. The van der Waals surface area contributed by atoms with Gasteiger partial charge in [-0.1, -0.05) is 0 Å². The van der Waals surface area contributed by atoms with Crippen molar-refractivity contribution in [1.82, 2.24) is 5.32 Å². The molecule has 0 aromatic rings. The monoisotopic (exact) mass is 153 g/mol. The fourth-order valence-electron chi connectivity index (χ4n) is 1.06. The topological polar surface area (TPSA) is 38.3 Å². The van der Waals surface area contributed by atoms with E-state index in [2.05, 4.69) is 5.32 Å². The van der Waals surface area contributed by atoms with Crippen LogP contribution in [0.25, 0.3) is 0 Å². The zero-order valence-corrected chi connectivity index (χ0v) is 6.30. The molecule has 11 heavy (non-hydrogen) atoms. The van der Waals surface area contributed by atoms with E-state index < -0.39 is 0 Å². The van der Waals surface area contributed by atoms with Crippen molar-refractivity contribution in [2.45, 2.75) is 18.9 Å². The van der Waals surface area contributed by atoms with Gasteiger partial charge in [-0.15, -0.1) is 6.42 Å². The third-order valence-corrected chi connectivity index (χ3v) is 1.65. The second-order valence-electron chi connectivity index (χ2n) is 2.49.